The van der Waals surface area contributed by atoms with Gasteiger partial charge >= 0.3 is 0 Å². The van der Waals surface area contributed by atoms with Crippen molar-refractivity contribution in [2.24, 2.45) is 0 Å². The van der Waals surface area contributed by atoms with Gasteiger partial charge in [-0.15, -0.1) is 0 Å². The molecule has 2 heterocycles. The Morgan fingerprint density at radius 1 is 1.12 bits per heavy atom. The summed E-state index contributed by atoms with van der Waals surface area (Å²) in [6, 6.07) is 2.07. The highest BCUT2D eigenvalue weighted by Crippen LogP contribution is 2.17. The van der Waals surface area contributed by atoms with Crippen molar-refractivity contribution in [1.82, 2.24) is 20.3 Å². The molecule has 25 heavy (non-hydrogen) atoms. The van der Waals surface area contributed by atoms with Crippen molar-refractivity contribution in [3.8, 4) is 0 Å². The molecule has 0 unspecified atom stereocenters. The molecule has 0 spiro atoms. The van der Waals surface area contributed by atoms with Crippen LogP contribution in [0.15, 0.2) is 10.6 Å². The molecular formula is C17H27N5O3. The minimum Gasteiger partial charge on any atom is -0.360 e. The Morgan fingerprint density at radius 3 is 2.28 bits per heavy atom. The second-order valence-electron chi connectivity index (χ2n) is 6.97. The van der Waals surface area contributed by atoms with Crippen molar-refractivity contribution >= 4 is 17.6 Å². The van der Waals surface area contributed by atoms with Crippen molar-refractivity contribution in [2.75, 3.05) is 44.6 Å². The normalized spacial score (nSPS) is 19.9. The Balaban J connectivity index is 1.33. The number of rotatable bonds is 6. The minimum atomic E-state index is -0.0965. The molecule has 1 aromatic rings. The van der Waals surface area contributed by atoms with Crippen molar-refractivity contribution in [3.05, 3.63) is 11.8 Å². The van der Waals surface area contributed by atoms with E-state index in [9.17, 15) is 9.59 Å². The zero-order valence-corrected chi connectivity index (χ0v) is 14.8. The Bertz CT molecular complexity index is 589. The van der Waals surface area contributed by atoms with Gasteiger partial charge in [-0.1, -0.05) is 18.0 Å². The number of aromatic nitrogens is 1. The van der Waals surface area contributed by atoms with Gasteiger partial charge in [-0.3, -0.25) is 19.4 Å². The molecule has 1 aliphatic carbocycles. The van der Waals surface area contributed by atoms with E-state index in [1.807, 2.05) is 0 Å². The third-order valence-corrected chi connectivity index (χ3v) is 4.82. The summed E-state index contributed by atoms with van der Waals surface area (Å²) < 4.78 is 4.93. The predicted octanol–water partition coefficient (Wildman–Crippen LogP) is 0.598. The first-order valence-corrected chi connectivity index (χ1v) is 9.06. The number of carbonyl (C=O) groups is 2. The molecule has 1 aromatic heterocycles. The summed E-state index contributed by atoms with van der Waals surface area (Å²) in [7, 11) is 0. The highest BCUT2D eigenvalue weighted by molar-refractivity contribution is 5.91. The van der Waals surface area contributed by atoms with Crippen LogP contribution in [0.25, 0.3) is 0 Å². The molecule has 1 saturated heterocycles. The van der Waals surface area contributed by atoms with Crippen LogP contribution in [0.2, 0.25) is 0 Å². The van der Waals surface area contributed by atoms with Gasteiger partial charge in [0.25, 0.3) is 0 Å². The number of piperazine rings is 1. The number of nitrogens with zero attached hydrogens (tertiary/aromatic N) is 3. The standard InChI is InChI=1S/C17H27N5O3/c1-13-10-15(20-25-13)19-17(24)12-22-8-6-21(7-9-22)11-16(23)18-14-4-2-3-5-14/h10,14H,2-9,11-12H2,1H3,(H,18,23)(H,19,20,24). The monoisotopic (exact) mass is 349 g/mol. The van der Waals surface area contributed by atoms with E-state index in [-0.39, 0.29) is 11.8 Å². The molecule has 0 bridgehead atoms. The molecule has 138 valence electrons. The minimum absolute atomic E-state index is 0.0965. The van der Waals surface area contributed by atoms with Crippen LogP contribution < -0.4 is 10.6 Å². The van der Waals surface area contributed by atoms with E-state index in [0.717, 1.165) is 39.0 Å². The van der Waals surface area contributed by atoms with E-state index in [4.69, 9.17) is 4.52 Å². The van der Waals surface area contributed by atoms with E-state index in [1.54, 1.807) is 13.0 Å². The quantitative estimate of drug-likeness (QED) is 0.781. The molecule has 0 radical (unpaired) electrons. The first-order chi connectivity index (χ1) is 12.1. The molecule has 0 atom stereocenters. The SMILES string of the molecule is Cc1cc(NC(=O)CN2CCN(CC(=O)NC3CCCC3)CC2)no1. The first-order valence-electron chi connectivity index (χ1n) is 9.06. The Kier molecular flexibility index (Phi) is 6.04. The second kappa shape index (κ2) is 8.44. The maximum Gasteiger partial charge on any atom is 0.239 e. The van der Waals surface area contributed by atoms with Gasteiger partial charge in [0.05, 0.1) is 13.1 Å². The van der Waals surface area contributed by atoms with Crippen molar-refractivity contribution in [1.29, 1.82) is 0 Å². The summed E-state index contributed by atoms with van der Waals surface area (Å²) >= 11 is 0. The summed E-state index contributed by atoms with van der Waals surface area (Å²) in [4.78, 5) is 28.4. The number of hydrogen-bond donors (Lipinski definition) is 2. The van der Waals surface area contributed by atoms with E-state index < -0.39 is 0 Å². The molecule has 2 amide bonds. The van der Waals surface area contributed by atoms with Crippen molar-refractivity contribution < 1.29 is 14.1 Å². The van der Waals surface area contributed by atoms with E-state index in [2.05, 4.69) is 25.6 Å². The zero-order valence-electron chi connectivity index (χ0n) is 14.8. The third kappa shape index (κ3) is 5.54. The van der Waals surface area contributed by atoms with Gasteiger partial charge in [0.2, 0.25) is 11.8 Å². The average Bonchev–Trinajstić information content (AvgIpc) is 3.21. The zero-order chi connectivity index (χ0) is 17.6. The van der Waals surface area contributed by atoms with Crippen LogP contribution in [0.1, 0.15) is 31.4 Å². The molecule has 2 aliphatic rings. The molecule has 0 aromatic carbocycles. The fourth-order valence-electron chi connectivity index (χ4n) is 3.46. The molecule has 2 N–H and O–H groups in total. The highest BCUT2D eigenvalue weighted by atomic mass is 16.5. The molecule has 2 fully saturated rings. The van der Waals surface area contributed by atoms with Crippen LogP contribution >= 0.6 is 0 Å². The lowest BCUT2D eigenvalue weighted by atomic mass is 10.2. The van der Waals surface area contributed by atoms with Gasteiger partial charge in [0.1, 0.15) is 5.76 Å². The van der Waals surface area contributed by atoms with Gasteiger partial charge in [-0.05, 0) is 19.8 Å². The summed E-state index contributed by atoms with van der Waals surface area (Å²) in [5.41, 5.74) is 0. The van der Waals surface area contributed by atoms with Crippen LogP contribution in [0, 0.1) is 6.92 Å². The Hall–Kier alpha value is -1.93. The maximum atomic E-state index is 12.1. The number of aryl methyl sites for hydroxylation is 1. The summed E-state index contributed by atoms with van der Waals surface area (Å²) in [6.07, 6.45) is 4.67. The average molecular weight is 349 g/mol. The smallest absolute Gasteiger partial charge is 0.239 e. The van der Waals surface area contributed by atoms with E-state index in [0.29, 0.717) is 30.7 Å². The Labute approximate surface area is 147 Å². The highest BCUT2D eigenvalue weighted by Gasteiger charge is 2.22. The molecule has 1 saturated carbocycles. The fourth-order valence-corrected chi connectivity index (χ4v) is 3.46. The summed E-state index contributed by atoms with van der Waals surface area (Å²) in [5, 5.41) is 9.61. The number of hydrogen-bond acceptors (Lipinski definition) is 6. The molecule has 3 rings (SSSR count). The van der Waals surface area contributed by atoms with Crippen LogP contribution in [-0.2, 0) is 9.59 Å². The number of amides is 2. The number of carbonyl (C=O) groups excluding carboxylic acids is 2. The van der Waals surface area contributed by atoms with E-state index in [1.165, 1.54) is 12.8 Å². The van der Waals surface area contributed by atoms with Gasteiger partial charge < -0.3 is 15.2 Å². The van der Waals surface area contributed by atoms with Crippen LogP contribution in [0.5, 0.6) is 0 Å². The van der Waals surface area contributed by atoms with Gasteiger partial charge in [0.15, 0.2) is 5.82 Å². The van der Waals surface area contributed by atoms with Crippen LogP contribution in [-0.4, -0.2) is 72.1 Å². The topological polar surface area (TPSA) is 90.7 Å². The van der Waals surface area contributed by atoms with Gasteiger partial charge in [0, 0.05) is 38.3 Å². The van der Waals surface area contributed by atoms with E-state index >= 15 is 0 Å². The van der Waals surface area contributed by atoms with Crippen LogP contribution in [0.3, 0.4) is 0 Å². The first kappa shape index (κ1) is 17.9. The number of nitrogens with one attached hydrogen (secondary N) is 2. The fraction of sp³-hybridized carbons (Fsp3) is 0.706. The molecule has 1 aliphatic heterocycles. The van der Waals surface area contributed by atoms with Crippen molar-refractivity contribution in [3.63, 3.8) is 0 Å². The second-order valence-corrected chi connectivity index (χ2v) is 6.97. The van der Waals surface area contributed by atoms with Gasteiger partial charge in [-0.2, -0.15) is 0 Å². The lowest BCUT2D eigenvalue weighted by Gasteiger charge is -2.33. The maximum absolute atomic E-state index is 12.1. The molecular weight excluding hydrogens is 322 g/mol. The predicted molar refractivity (Wildman–Crippen MR) is 93.1 cm³/mol. The largest absolute Gasteiger partial charge is 0.360 e. The summed E-state index contributed by atoms with van der Waals surface area (Å²) in [5.74, 6) is 1.14. The third-order valence-electron chi connectivity index (χ3n) is 4.82. The summed E-state index contributed by atoms with van der Waals surface area (Å²) in [6.45, 7) is 5.72. The Morgan fingerprint density at radius 2 is 1.72 bits per heavy atom. The van der Waals surface area contributed by atoms with Gasteiger partial charge in [-0.25, -0.2) is 0 Å². The van der Waals surface area contributed by atoms with Crippen molar-refractivity contribution in [2.45, 2.75) is 38.6 Å². The number of anilines is 1. The lowest BCUT2D eigenvalue weighted by Crippen LogP contribution is -2.51. The molecule has 8 heteroatoms. The molecule has 8 nitrogen and oxygen atoms in total. The van der Waals surface area contributed by atoms with Crippen LogP contribution in [0.4, 0.5) is 5.82 Å². The lowest BCUT2D eigenvalue weighted by molar-refractivity contribution is -0.124.